The highest BCUT2D eigenvalue weighted by molar-refractivity contribution is 5.23. The summed E-state index contributed by atoms with van der Waals surface area (Å²) < 4.78 is 0. The molecule has 12 heavy (non-hydrogen) atoms. The highest BCUT2D eigenvalue weighted by Gasteiger charge is 2.43. The van der Waals surface area contributed by atoms with Crippen LogP contribution in [0, 0.1) is 11.8 Å². The molecular weight excluding hydrogens is 148 g/mol. The van der Waals surface area contributed by atoms with E-state index in [1.807, 2.05) is 6.92 Å². The highest BCUT2D eigenvalue weighted by atomic mass is 16.3. The second kappa shape index (κ2) is 2.46. The first-order chi connectivity index (χ1) is 5.63. The largest absolute Gasteiger partial charge is 0.385 e. The minimum atomic E-state index is -0.586. The van der Waals surface area contributed by atoms with Crippen LogP contribution < -0.4 is 0 Å². The zero-order chi connectivity index (χ0) is 8.77. The van der Waals surface area contributed by atoms with Crippen molar-refractivity contribution in [2.24, 2.45) is 11.8 Å². The number of fused-ring (bicyclic) bond motifs is 2. The SMILES string of the molecule is C=C(C)[C@@]1(O)C[C@H]2C=C[C@@H]1CC2. The van der Waals surface area contributed by atoms with E-state index in [2.05, 4.69) is 18.7 Å². The topological polar surface area (TPSA) is 20.2 Å². The molecule has 3 atom stereocenters. The van der Waals surface area contributed by atoms with Gasteiger partial charge in [0.2, 0.25) is 0 Å². The Balaban J connectivity index is 2.31. The molecule has 0 radical (unpaired) electrons. The quantitative estimate of drug-likeness (QED) is 0.589. The molecule has 1 saturated carbocycles. The van der Waals surface area contributed by atoms with Gasteiger partial charge in [-0.2, -0.15) is 0 Å². The van der Waals surface area contributed by atoms with Crippen LogP contribution in [0.2, 0.25) is 0 Å². The Bertz CT molecular complexity index is 241. The maximum absolute atomic E-state index is 10.3. The second-order valence-electron chi connectivity index (χ2n) is 4.24. The smallest absolute Gasteiger partial charge is 0.0919 e. The van der Waals surface area contributed by atoms with Gasteiger partial charge in [0.15, 0.2) is 0 Å². The van der Waals surface area contributed by atoms with Gasteiger partial charge in [0.05, 0.1) is 5.60 Å². The molecule has 2 bridgehead atoms. The highest BCUT2D eigenvalue weighted by Crippen LogP contribution is 2.46. The predicted octanol–water partition coefficient (Wildman–Crippen LogP) is 2.28. The van der Waals surface area contributed by atoms with Crippen LogP contribution in [0.1, 0.15) is 26.2 Å². The standard InChI is InChI=1S/C11H16O/c1-8(2)11(12)7-9-3-5-10(11)6-4-9/h3,5,9-10,12H,1,4,6-7H2,2H3/t9-,10+,11-/m0/s1. The molecule has 0 amide bonds. The Morgan fingerprint density at radius 3 is 2.50 bits per heavy atom. The van der Waals surface area contributed by atoms with Crippen molar-refractivity contribution >= 4 is 0 Å². The minimum absolute atomic E-state index is 0.333. The molecule has 3 aliphatic carbocycles. The molecule has 0 saturated heterocycles. The van der Waals surface area contributed by atoms with Crippen molar-refractivity contribution in [2.75, 3.05) is 0 Å². The van der Waals surface area contributed by atoms with Crippen LogP contribution in [0.4, 0.5) is 0 Å². The van der Waals surface area contributed by atoms with E-state index in [1.165, 1.54) is 6.42 Å². The Hall–Kier alpha value is -0.560. The van der Waals surface area contributed by atoms with Gasteiger partial charge in [-0.3, -0.25) is 0 Å². The normalized spacial score (nSPS) is 44.8. The third kappa shape index (κ3) is 0.962. The van der Waals surface area contributed by atoms with Gasteiger partial charge in [-0.25, -0.2) is 0 Å². The summed E-state index contributed by atoms with van der Waals surface area (Å²) in [6, 6.07) is 0. The first kappa shape index (κ1) is 8.06. The first-order valence-electron chi connectivity index (χ1n) is 4.69. The number of aliphatic hydroxyl groups is 1. The maximum atomic E-state index is 10.3. The average molecular weight is 164 g/mol. The van der Waals surface area contributed by atoms with Gasteiger partial charge in [0.25, 0.3) is 0 Å². The third-order valence-electron chi connectivity index (χ3n) is 3.39. The Morgan fingerprint density at radius 1 is 1.50 bits per heavy atom. The van der Waals surface area contributed by atoms with Crippen molar-refractivity contribution in [3.63, 3.8) is 0 Å². The van der Waals surface area contributed by atoms with Crippen LogP contribution in [0.15, 0.2) is 24.3 Å². The van der Waals surface area contributed by atoms with Crippen molar-refractivity contribution in [1.29, 1.82) is 0 Å². The van der Waals surface area contributed by atoms with Crippen LogP contribution in [0.5, 0.6) is 0 Å². The molecule has 1 nitrogen and oxygen atoms in total. The number of hydrogen-bond donors (Lipinski definition) is 1. The summed E-state index contributed by atoms with van der Waals surface area (Å²) in [4.78, 5) is 0. The van der Waals surface area contributed by atoms with Crippen molar-refractivity contribution in [2.45, 2.75) is 31.8 Å². The fraction of sp³-hybridized carbons (Fsp3) is 0.636. The van der Waals surface area contributed by atoms with Crippen molar-refractivity contribution in [1.82, 2.24) is 0 Å². The zero-order valence-corrected chi connectivity index (χ0v) is 7.59. The zero-order valence-electron chi connectivity index (χ0n) is 7.59. The molecule has 0 heterocycles. The average Bonchev–Trinajstić information content (AvgIpc) is 2.05. The lowest BCUT2D eigenvalue weighted by molar-refractivity contribution is -0.0162. The summed E-state index contributed by atoms with van der Waals surface area (Å²) in [6.45, 7) is 5.82. The van der Waals surface area contributed by atoms with Gasteiger partial charge < -0.3 is 5.11 Å². The molecule has 3 rings (SSSR count). The van der Waals surface area contributed by atoms with Crippen molar-refractivity contribution in [3.8, 4) is 0 Å². The molecule has 0 aromatic heterocycles. The van der Waals surface area contributed by atoms with E-state index < -0.39 is 5.60 Å². The molecule has 1 fully saturated rings. The fourth-order valence-electron chi connectivity index (χ4n) is 2.49. The summed E-state index contributed by atoms with van der Waals surface area (Å²) in [5.74, 6) is 0.927. The van der Waals surface area contributed by atoms with E-state index in [0.29, 0.717) is 11.8 Å². The monoisotopic (exact) mass is 164 g/mol. The number of hydrogen-bond acceptors (Lipinski definition) is 1. The first-order valence-corrected chi connectivity index (χ1v) is 4.69. The second-order valence-corrected chi connectivity index (χ2v) is 4.24. The molecule has 0 spiro atoms. The lowest BCUT2D eigenvalue weighted by Crippen LogP contribution is -2.45. The van der Waals surface area contributed by atoms with E-state index >= 15 is 0 Å². The van der Waals surface area contributed by atoms with Gasteiger partial charge in [-0.1, -0.05) is 18.7 Å². The Labute approximate surface area is 73.8 Å². The number of allylic oxidation sites excluding steroid dienone is 1. The molecular formula is C11H16O. The molecule has 0 aliphatic heterocycles. The Kier molecular flexibility index (Phi) is 1.65. The van der Waals surface area contributed by atoms with Gasteiger partial charge in [0.1, 0.15) is 0 Å². The van der Waals surface area contributed by atoms with Crippen LogP contribution >= 0.6 is 0 Å². The molecule has 0 unspecified atom stereocenters. The summed E-state index contributed by atoms with van der Waals surface area (Å²) in [5, 5.41) is 10.3. The lowest BCUT2D eigenvalue weighted by atomic mass is 9.64. The van der Waals surface area contributed by atoms with E-state index in [-0.39, 0.29) is 0 Å². The van der Waals surface area contributed by atoms with Crippen LogP contribution in [-0.2, 0) is 0 Å². The summed E-state index contributed by atoms with van der Waals surface area (Å²) in [6.07, 6.45) is 7.70. The molecule has 66 valence electrons. The van der Waals surface area contributed by atoms with Gasteiger partial charge in [-0.05, 0) is 37.7 Å². The number of rotatable bonds is 1. The van der Waals surface area contributed by atoms with E-state index in [1.54, 1.807) is 0 Å². The van der Waals surface area contributed by atoms with Crippen molar-refractivity contribution < 1.29 is 5.11 Å². The van der Waals surface area contributed by atoms with Crippen molar-refractivity contribution in [3.05, 3.63) is 24.3 Å². The molecule has 0 aromatic carbocycles. The molecule has 3 aliphatic rings. The van der Waals surface area contributed by atoms with Crippen LogP contribution in [0.3, 0.4) is 0 Å². The predicted molar refractivity (Wildman–Crippen MR) is 49.7 cm³/mol. The van der Waals surface area contributed by atoms with Crippen LogP contribution in [0.25, 0.3) is 0 Å². The van der Waals surface area contributed by atoms with Gasteiger partial charge in [0, 0.05) is 5.92 Å². The summed E-state index contributed by atoms with van der Waals surface area (Å²) in [7, 11) is 0. The lowest BCUT2D eigenvalue weighted by Gasteiger charge is -2.45. The van der Waals surface area contributed by atoms with Crippen LogP contribution in [-0.4, -0.2) is 10.7 Å². The van der Waals surface area contributed by atoms with E-state index in [4.69, 9.17) is 0 Å². The third-order valence-corrected chi connectivity index (χ3v) is 3.39. The van der Waals surface area contributed by atoms with E-state index in [9.17, 15) is 5.11 Å². The molecule has 1 N–H and O–H groups in total. The van der Waals surface area contributed by atoms with E-state index in [0.717, 1.165) is 18.4 Å². The van der Waals surface area contributed by atoms with Gasteiger partial charge in [-0.15, -0.1) is 0 Å². The summed E-state index contributed by atoms with van der Waals surface area (Å²) >= 11 is 0. The Morgan fingerprint density at radius 2 is 2.25 bits per heavy atom. The molecule has 0 aromatic rings. The summed E-state index contributed by atoms with van der Waals surface area (Å²) in [5.41, 5.74) is 0.346. The minimum Gasteiger partial charge on any atom is -0.385 e. The molecule has 1 heteroatoms. The van der Waals surface area contributed by atoms with Gasteiger partial charge >= 0.3 is 0 Å². The maximum Gasteiger partial charge on any atom is 0.0919 e. The fourth-order valence-corrected chi connectivity index (χ4v) is 2.49.